The first-order valence-corrected chi connectivity index (χ1v) is 5.84. The lowest BCUT2D eigenvalue weighted by molar-refractivity contribution is -0.121. The van der Waals surface area contributed by atoms with Crippen LogP contribution in [0.2, 0.25) is 0 Å². The van der Waals surface area contributed by atoms with Crippen LogP contribution in [-0.2, 0) is 9.53 Å². The third-order valence-electron chi connectivity index (χ3n) is 2.56. The fraction of sp³-hybridized carbons (Fsp3) is 0.909. The highest BCUT2D eigenvalue weighted by molar-refractivity contribution is 5.78. The number of ether oxygens (including phenoxy) is 1. The third kappa shape index (κ3) is 5.14. The Balaban J connectivity index is 2.13. The smallest absolute Gasteiger partial charge is 0.234 e. The highest BCUT2D eigenvalue weighted by Crippen LogP contribution is 2.12. The van der Waals surface area contributed by atoms with Crippen molar-refractivity contribution in [3.63, 3.8) is 0 Å². The fourth-order valence-corrected chi connectivity index (χ4v) is 1.79. The Morgan fingerprint density at radius 3 is 3.00 bits per heavy atom. The molecule has 1 fully saturated rings. The van der Waals surface area contributed by atoms with Crippen molar-refractivity contribution in [3.05, 3.63) is 0 Å². The predicted octanol–water partition coefficient (Wildman–Crippen LogP) is 0.670. The Hall–Kier alpha value is -0.610. The first kappa shape index (κ1) is 12.5. The molecule has 0 saturated carbocycles. The molecule has 1 aliphatic rings. The summed E-state index contributed by atoms with van der Waals surface area (Å²) in [4.78, 5) is 11.5. The van der Waals surface area contributed by atoms with Gasteiger partial charge < -0.3 is 15.4 Å². The summed E-state index contributed by atoms with van der Waals surface area (Å²) in [5.41, 5.74) is 0. The van der Waals surface area contributed by atoms with Gasteiger partial charge in [-0.15, -0.1) is 0 Å². The summed E-state index contributed by atoms with van der Waals surface area (Å²) in [6.07, 6.45) is 3.19. The Morgan fingerprint density at radius 2 is 2.33 bits per heavy atom. The van der Waals surface area contributed by atoms with E-state index in [1.165, 1.54) is 0 Å². The maximum absolute atomic E-state index is 11.5. The van der Waals surface area contributed by atoms with Crippen LogP contribution < -0.4 is 10.6 Å². The lowest BCUT2D eigenvalue weighted by Crippen LogP contribution is -2.44. The van der Waals surface area contributed by atoms with Gasteiger partial charge in [0.2, 0.25) is 5.91 Å². The number of amides is 1. The highest BCUT2D eigenvalue weighted by Gasteiger charge is 2.20. The third-order valence-corrected chi connectivity index (χ3v) is 2.56. The molecule has 2 unspecified atom stereocenters. The zero-order valence-electron chi connectivity index (χ0n) is 9.71. The maximum atomic E-state index is 11.5. The number of carbonyl (C=O) groups excluding carboxylic acids is 1. The van der Waals surface area contributed by atoms with E-state index in [9.17, 15) is 4.79 Å². The van der Waals surface area contributed by atoms with Crippen molar-refractivity contribution in [2.45, 2.75) is 45.3 Å². The SMILES string of the molecule is CCCNCC(=O)NC1CCOC(C)C1. The van der Waals surface area contributed by atoms with E-state index < -0.39 is 0 Å². The largest absolute Gasteiger partial charge is 0.378 e. The molecule has 4 heteroatoms. The van der Waals surface area contributed by atoms with Gasteiger partial charge in [-0.3, -0.25) is 4.79 Å². The maximum Gasteiger partial charge on any atom is 0.234 e. The van der Waals surface area contributed by atoms with E-state index in [4.69, 9.17) is 4.74 Å². The normalized spacial score (nSPS) is 26.3. The Bertz CT molecular complexity index is 197. The summed E-state index contributed by atoms with van der Waals surface area (Å²) in [6, 6.07) is 0.296. The Labute approximate surface area is 91.8 Å². The molecule has 1 aliphatic heterocycles. The van der Waals surface area contributed by atoms with Crippen LogP contribution >= 0.6 is 0 Å². The second-order valence-electron chi connectivity index (χ2n) is 4.15. The predicted molar refractivity (Wildman–Crippen MR) is 59.7 cm³/mol. The number of rotatable bonds is 5. The molecule has 0 radical (unpaired) electrons. The summed E-state index contributed by atoms with van der Waals surface area (Å²) in [6.45, 7) is 6.23. The van der Waals surface area contributed by atoms with Crippen LogP contribution in [0.15, 0.2) is 0 Å². The molecule has 0 aromatic carbocycles. The van der Waals surface area contributed by atoms with E-state index >= 15 is 0 Å². The van der Waals surface area contributed by atoms with Crippen LogP contribution in [0.1, 0.15) is 33.1 Å². The summed E-state index contributed by atoms with van der Waals surface area (Å²) < 4.78 is 5.42. The van der Waals surface area contributed by atoms with Crippen molar-refractivity contribution < 1.29 is 9.53 Å². The molecule has 0 spiro atoms. The lowest BCUT2D eigenvalue weighted by atomic mass is 10.0. The van der Waals surface area contributed by atoms with E-state index in [1.54, 1.807) is 0 Å². The molecule has 15 heavy (non-hydrogen) atoms. The monoisotopic (exact) mass is 214 g/mol. The van der Waals surface area contributed by atoms with Gasteiger partial charge in [0.05, 0.1) is 12.6 Å². The van der Waals surface area contributed by atoms with E-state index in [2.05, 4.69) is 17.6 Å². The lowest BCUT2D eigenvalue weighted by Gasteiger charge is -2.27. The molecular weight excluding hydrogens is 192 g/mol. The molecule has 1 saturated heterocycles. The van der Waals surface area contributed by atoms with Crippen LogP contribution in [0.5, 0.6) is 0 Å². The number of hydrogen-bond donors (Lipinski definition) is 2. The zero-order chi connectivity index (χ0) is 11.1. The van der Waals surface area contributed by atoms with Crippen LogP contribution in [0, 0.1) is 0 Å². The van der Waals surface area contributed by atoms with Gasteiger partial charge in [0.1, 0.15) is 0 Å². The minimum absolute atomic E-state index is 0.0996. The molecule has 1 heterocycles. The van der Waals surface area contributed by atoms with Crippen molar-refractivity contribution in [3.8, 4) is 0 Å². The average Bonchev–Trinajstić information content (AvgIpc) is 2.18. The van der Waals surface area contributed by atoms with Crippen LogP contribution in [0.25, 0.3) is 0 Å². The number of carbonyl (C=O) groups is 1. The number of hydrogen-bond acceptors (Lipinski definition) is 3. The molecule has 0 bridgehead atoms. The van der Waals surface area contributed by atoms with Crippen LogP contribution in [-0.4, -0.2) is 37.7 Å². The second-order valence-corrected chi connectivity index (χ2v) is 4.15. The summed E-state index contributed by atoms with van der Waals surface area (Å²) >= 11 is 0. The van der Waals surface area contributed by atoms with Gasteiger partial charge >= 0.3 is 0 Å². The fourth-order valence-electron chi connectivity index (χ4n) is 1.79. The molecule has 0 aliphatic carbocycles. The van der Waals surface area contributed by atoms with Gasteiger partial charge in [-0.1, -0.05) is 6.92 Å². The van der Waals surface area contributed by atoms with Crippen molar-refractivity contribution in [2.24, 2.45) is 0 Å². The molecule has 1 rings (SSSR count). The molecular formula is C11H22N2O2. The first-order chi connectivity index (χ1) is 7.22. The van der Waals surface area contributed by atoms with Gasteiger partial charge in [-0.25, -0.2) is 0 Å². The van der Waals surface area contributed by atoms with Gasteiger partial charge in [0.25, 0.3) is 0 Å². The van der Waals surface area contributed by atoms with E-state index in [0.717, 1.165) is 32.4 Å². The molecule has 2 atom stereocenters. The van der Waals surface area contributed by atoms with Crippen molar-refractivity contribution in [2.75, 3.05) is 19.7 Å². The van der Waals surface area contributed by atoms with Crippen molar-refractivity contribution in [1.29, 1.82) is 0 Å². The Kier molecular flexibility index (Phi) is 5.65. The van der Waals surface area contributed by atoms with E-state index in [1.807, 2.05) is 6.92 Å². The highest BCUT2D eigenvalue weighted by atomic mass is 16.5. The topological polar surface area (TPSA) is 50.4 Å². The summed E-state index contributed by atoms with van der Waals surface area (Å²) in [7, 11) is 0. The van der Waals surface area contributed by atoms with Gasteiger partial charge in [0, 0.05) is 12.6 Å². The average molecular weight is 214 g/mol. The summed E-state index contributed by atoms with van der Waals surface area (Å²) in [5.74, 6) is 0.0996. The minimum atomic E-state index is 0.0996. The van der Waals surface area contributed by atoms with E-state index in [0.29, 0.717) is 12.6 Å². The van der Waals surface area contributed by atoms with Crippen LogP contribution in [0.3, 0.4) is 0 Å². The molecule has 88 valence electrons. The van der Waals surface area contributed by atoms with Crippen molar-refractivity contribution >= 4 is 5.91 Å². The van der Waals surface area contributed by atoms with Gasteiger partial charge in [-0.2, -0.15) is 0 Å². The quantitative estimate of drug-likeness (QED) is 0.661. The second kappa shape index (κ2) is 6.80. The van der Waals surface area contributed by atoms with E-state index in [-0.39, 0.29) is 12.0 Å². The first-order valence-electron chi connectivity index (χ1n) is 5.84. The molecule has 0 aromatic rings. The molecule has 1 amide bonds. The van der Waals surface area contributed by atoms with Crippen molar-refractivity contribution in [1.82, 2.24) is 10.6 Å². The Morgan fingerprint density at radius 1 is 1.53 bits per heavy atom. The molecule has 2 N–H and O–H groups in total. The standard InChI is InChI=1S/C11H22N2O2/c1-3-5-12-8-11(14)13-10-4-6-15-9(2)7-10/h9-10,12H,3-8H2,1-2H3,(H,13,14). The van der Waals surface area contributed by atoms with Gasteiger partial charge in [-0.05, 0) is 32.7 Å². The molecule has 4 nitrogen and oxygen atoms in total. The zero-order valence-corrected chi connectivity index (χ0v) is 9.71. The minimum Gasteiger partial charge on any atom is -0.378 e. The molecule has 0 aromatic heterocycles. The van der Waals surface area contributed by atoms with Crippen LogP contribution in [0.4, 0.5) is 0 Å². The number of nitrogens with one attached hydrogen (secondary N) is 2. The summed E-state index contributed by atoms with van der Waals surface area (Å²) in [5, 5.41) is 6.12. The van der Waals surface area contributed by atoms with Gasteiger partial charge in [0.15, 0.2) is 0 Å².